The van der Waals surface area contributed by atoms with Crippen LogP contribution in [0.2, 0.25) is 0 Å². The summed E-state index contributed by atoms with van der Waals surface area (Å²) in [6.45, 7) is 2.58. The van der Waals surface area contributed by atoms with Crippen LogP contribution in [0.15, 0.2) is 41.6 Å². The summed E-state index contributed by atoms with van der Waals surface area (Å²) >= 11 is 1.18. The van der Waals surface area contributed by atoms with Gasteiger partial charge in [-0.3, -0.25) is 4.79 Å². The molecule has 1 aliphatic rings. The zero-order valence-electron chi connectivity index (χ0n) is 16.0. The molecule has 6 nitrogen and oxygen atoms in total. The zero-order chi connectivity index (χ0) is 21.3. The molecule has 0 saturated heterocycles. The Hall–Kier alpha value is -2.88. The quantitative estimate of drug-likeness (QED) is 0.555. The maximum Gasteiger partial charge on any atom is 0.416 e. The molecule has 1 amide bonds. The molecule has 1 aliphatic heterocycles. The summed E-state index contributed by atoms with van der Waals surface area (Å²) in [4.78, 5) is 16.8. The highest BCUT2D eigenvalue weighted by Crippen LogP contribution is 2.35. The van der Waals surface area contributed by atoms with Crippen LogP contribution in [0.3, 0.4) is 0 Å². The van der Waals surface area contributed by atoms with Gasteiger partial charge in [0, 0.05) is 18.3 Å². The van der Waals surface area contributed by atoms with Crippen LogP contribution in [0.4, 0.5) is 18.9 Å². The lowest BCUT2D eigenvalue weighted by molar-refractivity contribution is -0.137. The lowest BCUT2D eigenvalue weighted by atomic mass is 10.2. The molecule has 0 aliphatic carbocycles. The summed E-state index contributed by atoms with van der Waals surface area (Å²) in [7, 11) is 0. The van der Waals surface area contributed by atoms with E-state index in [9.17, 15) is 18.0 Å². The van der Waals surface area contributed by atoms with E-state index in [1.807, 2.05) is 6.92 Å². The molecular weight excluding hydrogens is 419 g/mol. The van der Waals surface area contributed by atoms with E-state index in [4.69, 9.17) is 9.47 Å². The van der Waals surface area contributed by atoms with Crippen LogP contribution in [0, 0.1) is 0 Å². The highest BCUT2D eigenvalue weighted by molar-refractivity contribution is 7.99. The Kier molecular flexibility index (Phi) is 5.50. The van der Waals surface area contributed by atoms with Gasteiger partial charge in [-0.25, -0.2) is 4.98 Å². The second kappa shape index (κ2) is 8.10. The lowest BCUT2D eigenvalue weighted by Gasteiger charge is -2.10. The van der Waals surface area contributed by atoms with Crippen LogP contribution in [0.25, 0.3) is 11.0 Å². The largest absolute Gasteiger partial charge is 0.454 e. The number of nitrogens with zero attached hydrogens (tertiary/aromatic N) is 2. The summed E-state index contributed by atoms with van der Waals surface area (Å²) in [5.74, 6) is 0.984. The molecular formula is C20H18F3N3O3S. The molecule has 0 bridgehead atoms. The number of thioether (sulfide) groups is 1. The number of aryl methyl sites for hydroxylation is 1. The molecule has 0 radical (unpaired) electrons. The molecule has 0 atom stereocenters. The fourth-order valence-electron chi connectivity index (χ4n) is 3.13. The van der Waals surface area contributed by atoms with Gasteiger partial charge in [0.05, 0.1) is 22.3 Å². The van der Waals surface area contributed by atoms with Crippen molar-refractivity contribution in [3.05, 3.63) is 42.0 Å². The smallest absolute Gasteiger partial charge is 0.416 e. The molecule has 1 N–H and O–H groups in total. The molecule has 158 valence electrons. The number of nitrogens with one attached hydrogen (secondary N) is 1. The highest BCUT2D eigenvalue weighted by atomic mass is 32.2. The summed E-state index contributed by atoms with van der Waals surface area (Å²) in [5.41, 5.74) is 0.728. The molecule has 10 heteroatoms. The predicted molar refractivity (Wildman–Crippen MR) is 107 cm³/mol. The van der Waals surface area contributed by atoms with E-state index in [0.29, 0.717) is 39.9 Å². The van der Waals surface area contributed by atoms with Gasteiger partial charge in [0.25, 0.3) is 0 Å². The van der Waals surface area contributed by atoms with Crippen LogP contribution in [-0.4, -0.2) is 28.0 Å². The number of amides is 1. The van der Waals surface area contributed by atoms with Crippen LogP contribution in [0.5, 0.6) is 11.5 Å². The third-order valence-corrected chi connectivity index (χ3v) is 5.45. The summed E-state index contributed by atoms with van der Waals surface area (Å²) in [6.07, 6.45) is -3.70. The van der Waals surface area contributed by atoms with Gasteiger partial charge in [-0.15, -0.1) is 0 Å². The second-order valence-corrected chi connectivity index (χ2v) is 7.59. The van der Waals surface area contributed by atoms with Gasteiger partial charge in [0.15, 0.2) is 16.7 Å². The average molecular weight is 437 g/mol. The Balaban J connectivity index is 1.50. The summed E-state index contributed by atoms with van der Waals surface area (Å²) in [6, 6.07) is 8.59. The molecule has 0 unspecified atom stereocenters. The number of ether oxygens (including phenoxy) is 2. The van der Waals surface area contributed by atoms with Gasteiger partial charge >= 0.3 is 6.18 Å². The van der Waals surface area contributed by atoms with Crippen LogP contribution < -0.4 is 14.8 Å². The summed E-state index contributed by atoms with van der Waals surface area (Å²) < 4.78 is 51.5. The SMILES string of the molecule is CCCn1c(SCC(=O)Nc2ccc3c(c2)OCO3)nc2ccc(C(F)(F)F)cc21. The monoisotopic (exact) mass is 437 g/mol. The molecule has 3 aromatic rings. The van der Waals surface area contributed by atoms with E-state index < -0.39 is 11.7 Å². The molecule has 4 rings (SSSR count). The van der Waals surface area contributed by atoms with Crippen LogP contribution in [0.1, 0.15) is 18.9 Å². The Morgan fingerprint density at radius 2 is 2.00 bits per heavy atom. The van der Waals surface area contributed by atoms with Gasteiger partial charge < -0.3 is 19.4 Å². The minimum absolute atomic E-state index is 0.0631. The number of halogens is 3. The second-order valence-electron chi connectivity index (χ2n) is 6.65. The van der Waals surface area contributed by atoms with Gasteiger partial charge in [0.1, 0.15) is 0 Å². The number of carbonyl (C=O) groups is 1. The van der Waals surface area contributed by atoms with Crippen LogP contribution >= 0.6 is 11.8 Å². The van der Waals surface area contributed by atoms with Crippen molar-refractivity contribution < 1.29 is 27.4 Å². The van der Waals surface area contributed by atoms with Gasteiger partial charge in [-0.05, 0) is 36.8 Å². The maximum atomic E-state index is 13.1. The standard InChI is InChI=1S/C20H18F3N3O3S/c1-2-7-26-15-8-12(20(21,22)23)3-5-14(15)25-19(26)30-10-18(27)24-13-4-6-16-17(9-13)29-11-28-16/h3-6,8-9H,2,7,10-11H2,1H3,(H,24,27). The van der Waals surface area contributed by atoms with E-state index in [-0.39, 0.29) is 18.5 Å². The molecule has 30 heavy (non-hydrogen) atoms. The average Bonchev–Trinajstić information content (AvgIpc) is 3.30. The number of carbonyl (C=O) groups excluding carboxylic acids is 1. The normalized spacial score (nSPS) is 13.1. The third-order valence-electron chi connectivity index (χ3n) is 4.48. The van der Waals surface area contributed by atoms with Crippen LogP contribution in [-0.2, 0) is 17.5 Å². The Morgan fingerprint density at radius 1 is 1.20 bits per heavy atom. The first-order valence-electron chi connectivity index (χ1n) is 9.25. The maximum absolute atomic E-state index is 13.1. The van der Waals surface area contributed by atoms with Gasteiger partial charge in [0.2, 0.25) is 12.7 Å². The lowest BCUT2D eigenvalue weighted by Crippen LogP contribution is -2.14. The predicted octanol–water partition coefficient (Wildman–Crippen LogP) is 4.92. The summed E-state index contributed by atoms with van der Waals surface area (Å²) in [5, 5.41) is 3.28. The third kappa shape index (κ3) is 4.18. The number of hydrogen-bond acceptors (Lipinski definition) is 5. The first-order chi connectivity index (χ1) is 14.3. The Labute approximate surface area is 174 Å². The number of imidazole rings is 1. The van der Waals surface area contributed by atoms with E-state index in [1.165, 1.54) is 17.8 Å². The number of fused-ring (bicyclic) bond motifs is 2. The number of anilines is 1. The van der Waals surface area contributed by atoms with Crippen molar-refractivity contribution in [2.24, 2.45) is 0 Å². The van der Waals surface area contributed by atoms with E-state index in [1.54, 1.807) is 22.8 Å². The molecule has 1 aromatic heterocycles. The van der Waals surface area contributed by atoms with Crippen molar-refractivity contribution in [2.75, 3.05) is 17.9 Å². The fourth-order valence-corrected chi connectivity index (χ4v) is 3.97. The molecule has 0 saturated carbocycles. The minimum atomic E-state index is -4.42. The number of alkyl halides is 3. The molecule has 2 aromatic carbocycles. The first-order valence-corrected chi connectivity index (χ1v) is 10.2. The van der Waals surface area contributed by atoms with Crippen molar-refractivity contribution in [1.29, 1.82) is 0 Å². The van der Waals surface area contributed by atoms with Crippen molar-refractivity contribution in [2.45, 2.75) is 31.2 Å². The highest BCUT2D eigenvalue weighted by Gasteiger charge is 2.31. The van der Waals surface area contributed by atoms with Gasteiger partial charge in [-0.1, -0.05) is 18.7 Å². The number of rotatable bonds is 6. The van der Waals surface area contributed by atoms with Crippen molar-refractivity contribution in [1.82, 2.24) is 9.55 Å². The number of hydrogen-bond donors (Lipinski definition) is 1. The molecule has 0 fully saturated rings. The molecule has 0 spiro atoms. The first kappa shape index (κ1) is 20.4. The van der Waals surface area contributed by atoms with Gasteiger partial charge in [-0.2, -0.15) is 13.2 Å². The zero-order valence-corrected chi connectivity index (χ0v) is 16.8. The van der Waals surface area contributed by atoms with Crippen molar-refractivity contribution >= 4 is 34.4 Å². The Morgan fingerprint density at radius 3 is 2.77 bits per heavy atom. The van der Waals surface area contributed by atoms with Crippen molar-refractivity contribution in [3.63, 3.8) is 0 Å². The topological polar surface area (TPSA) is 65.4 Å². The number of aromatic nitrogens is 2. The van der Waals surface area contributed by atoms with E-state index in [0.717, 1.165) is 18.6 Å². The minimum Gasteiger partial charge on any atom is -0.454 e. The Bertz CT molecular complexity index is 1100. The number of benzene rings is 2. The molecule has 2 heterocycles. The van der Waals surface area contributed by atoms with E-state index in [2.05, 4.69) is 10.3 Å². The van der Waals surface area contributed by atoms with E-state index >= 15 is 0 Å². The fraction of sp³-hybridized carbons (Fsp3) is 0.300. The van der Waals surface area contributed by atoms with Crippen molar-refractivity contribution in [3.8, 4) is 11.5 Å².